The minimum absolute atomic E-state index is 0.341. The van der Waals surface area contributed by atoms with Crippen molar-refractivity contribution in [1.29, 1.82) is 0 Å². The topological polar surface area (TPSA) is 42.2 Å². The molecule has 0 fully saturated rings. The zero-order valence-electron chi connectivity index (χ0n) is 15.1. The minimum atomic E-state index is -0.879. The lowest BCUT2D eigenvalue weighted by atomic mass is 9.89. The molecule has 134 valence electrons. The molecule has 3 nitrogen and oxygen atoms in total. The van der Waals surface area contributed by atoms with Gasteiger partial charge >= 0.3 is 5.97 Å². The van der Waals surface area contributed by atoms with Crippen LogP contribution in [0.15, 0.2) is 54.6 Å². The quantitative estimate of drug-likeness (QED) is 0.613. The summed E-state index contributed by atoms with van der Waals surface area (Å²) in [4.78, 5) is 11.6. The predicted octanol–water partition coefficient (Wildman–Crippen LogP) is 5.99. The summed E-state index contributed by atoms with van der Waals surface area (Å²) in [7, 11) is 0. The molecular weight excluding hydrogens is 334 g/mol. The Morgan fingerprint density at radius 2 is 1.96 bits per heavy atom. The second-order valence-corrected chi connectivity index (χ2v) is 7.34. The highest BCUT2D eigenvalue weighted by Crippen LogP contribution is 2.43. The molecule has 2 aromatic carbocycles. The molecule has 1 aliphatic carbocycles. The Labute approximate surface area is 158 Å². The van der Waals surface area contributed by atoms with E-state index in [1.165, 1.54) is 40.8 Å². The Kier molecular flexibility index (Phi) is 3.75. The fourth-order valence-corrected chi connectivity index (χ4v) is 4.49. The lowest BCUT2D eigenvalue weighted by Crippen LogP contribution is -2.00. The standard InChI is InChI=1S/C24H21NO2/c26-24(27)18-12-13-20-21(15-18)25-14-6-10-16-7-4-5-11-19(16)23(25)22(20)17-8-2-1-3-9-17/h4-8,10-13,15H,1-3,9,14H2,(H,26,27). The fraction of sp³-hybridized carbons (Fsp3) is 0.208. The summed E-state index contributed by atoms with van der Waals surface area (Å²) in [5.41, 5.74) is 7.70. The Hall–Kier alpha value is -3.07. The van der Waals surface area contributed by atoms with Gasteiger partial charge in [0, 0.05) is 23.1 Å². The summed E-state index contributed by atoms with van der Waals surface area (Å²) in [6.07, 6.45) is 11.4. The molecule has 2 aliphatic rings. The van der Waals surface area contributed by atoms with E-state index in [-0.39, 0.29) is 0 Å². The third-order valence-electron chi connectivity index (χ3n) is 5.72. The average Bonchev–Trinajstić information content (AvgIpc) is 2.90. The van der Waals surface area contributed by atoms with Gasteiger partial charge in [-0.15, -0.1) is 0 Å². The van der Waals surface area contributed by atoms with Gasteiger partial charge in [-0.05, 0) is 49.0 Å². The van der Waals surface area contributed by atoms with Gasteiger partial charge in [0.05, 0.1) is 16.8 Å². The number of aromatic carboxylic acids is 1. The zero-order valence-corrected chi connectivity index (χ0v) is 15.1. The zero-order chi connectivity index (χ0) is 18.4. The monoisotopic (exact) mass is 355 g/mol. The van der Waals surface area contributed by atoms with Crippen LogP contribution in [0.5, 0.6) is 0 Å². The van der Waals surface area contributed by atoms with Crippen LogP contribution in [-0.2, 0) is 6.54 Å². The van der Waals surface area contributed by atoms with Crippen LogP contribution in [0, 0.1) is 0 Å². The van der Waals surface area contributed by atoms with E-state index in [0.717, 1.165) is 30.3 Å². The molecule has 0 amide bonds. The average molecular weight is 355 g/mol. The second kappa shape index (κ2) is 6.27. The molecule has 3 heteroatoms. The van der Waals surface area contributed by atoms with Crippen LogP contribution in [0.25, 0.3) is 33.8 Å². The van der Waals surface area contributed by atoms with E-state index in [1.54, 1.807) is 6.07 Å². The van der Waals surface area contributed by atoms with Crippen molar-refractivity contribution in [2.75, 3.05) is 0 Å². The fourth-order valence-electron chi connectivity index (χ4n) is 4.49. The van der Waals surface area contributed by atoms with E-state index in [0.29, 0.717) is 5.56 Å². The number of hydrogen-bond donors (Lipinski definition) is 1. The molecule has 0 bridgehead atoms. The van der Waals surface area contributed by atoms with Gasteiger partial charge in [0.2, 0.25) is 0 Å². The first-order valence-electron chi connectivity index (χ1n) is 9.59. The third-order valence-corrected chi connectivity index (χ3v) is 5.72. The molecule has 0 spiro atoms. The van der Waals surface area contributed by atoms with Crippen molar-refractivity contribution in [3.8, 4) is 11.3 Å². The van der Waals surface area contributed by atoms with E-state index < -0.39 is 5.97 Å². The number of carboxylic acids is 1. The Morgan fingerprint density at radius 1 is 1.07 bits per heavy atom. The lowest BCUT2D eigenvalue weighted by Gasteiger charge is -2.16. The molecule has 0 saturated heterocycles. The van der Waals surface area contributed by atoms with Gasteiger partial charge < -0.3 is 9.67 Å². The number of allylic oxidation sites excluding steroid dienone is 3. The van der Waals surface area contributed by atoms with E-state index in [4.69, 9.17) is 0 Å². The van der Waals surface area contributed by atoms with Crippen LogP contribution >= 0.6 is 0 Å². The van der Waals surface area contributed by atoms with Crippen LogP contribution in [0.2, 0.25) is 0 Å². The predicted molar refractivity (Wildman–Crippen MR) is 110 cm³/mol. The summed E-state index contributed by atoms with van der Waals surface area (Å²) in [5.74, 6) is -0.879. The molecular formula is C24H21NO2. The highest BCUT2D eigenvalue weighted by molar-refractivity contribution is 6.04. The molecule has 5 rings (SSSR count). The van der Waals surface area contributed by atoms with Gasteiger partial charge in [-0.2, -0.15) is 0 Å². The van der Waals surface area contributed by atoms with Crippen LogP contribution in [0.1, 0.15) is 47.2 Å². The smallest absolute Gasteiger partial charge is 0.335 e. The molecule has 0 atom stereocenters. The molecule has 1 aliphatic heterocycles. The van der Waals surface area contributed by atoms with Crippen molar-refractivity contribution in [1.82, 2.24) is 4.57 Å². The minimum Gasteiger partial charge on any atom is -0.478 e. The van der Waals surface area contributed by atoms with Gasteiger partial charge in [-0.3, -0.25) is 0 Å². The molecule has 0 unspecified atom stereocenters. The van der Waals surface area contributed by atoms with Crippen LogP contribution in [0.3, 0.4) is 0 Å². The molecule has 27 heavy (non-hydrogen) atoms. The molecule has 1 N–H and O–H groups in total. The molecule has 0 radical (unpaired) electrons. The molecule has 1 aromatic heterocycles. The van der Waals surface area contributed by atoms with Crippen molar-refractivity contribution in [3.63, 3.8) is 0 Å². The number of hydrogen-bond acceptors (Lipinski definition) is 1. The summed E-state index contributed by atoms with van der Waals surface area (Å²) >= 11 is 0. The molecule has 0 saturated carbocycles. The third kappa shape index (κ3) is 2.54. The highest BCUT2D eigenvalue weighted by atomic mass is 16.4. The number of aromatic nitrogens is 1. The second-order valence-electron chi connectivity index (χ2n) is 7.34. The summed E-state index contributed by atoms with van der Waals surface area (Å²) in [5, 5.41) is 10.6. The number of carbonyl (C=O) groups is 1. The number of nitrogens with zero attached hydrogens (tertiary/aromatic N) is 1. The number of rotatable bonds is 2. The number of fused-ring (bicyclic) bond motifs is 5. The maximum absolute atomic E-state index is 11.6. The first-order chi connectivity index (χ1) is 13.2. The Balaban J connectivity index is 1.90. The van der Waals surface area contributed by atoms with Crippen molar-refractivity contribution >= 4 is 28.5 Å². The molecule has 2 heterocycles. The van der Waals surface area contributed by atoms with Gasteiger partial charge in [0.15, 0.2) is 0 Å². The van der Waals surface area contributed by atoms with E-state index >= 15 is 0 Å². The van der Waals surface area contributed by atoms with Crippen LogP contribution in [0.4, 0.5) is 0 Å². The van der Waals surface area contributed by atoms with E-state index in [1.807, 2.05) is 12.1 Å². The van der Waals surface area contributed by atoms with Crippen LogP contribution < -0.4 is 0 Å². The van der Waals surface area contributed by atoms with Gasteiger partial charge in [-0.1, -0.05) is 48.6 Å². The van der Waals surface area contributed by atoms with Gasteiger partial charge in [-0.25, -0.2) is 4.79 Å². The van der Waals surface area contributed by atoms with E-state index in [2.05, 4.69) is 47.1 Å². The highest BCUT2D eigenvalue weighted by Gasteiger charge is 2.24. The maximum Gasteiger partial charge on any atom is 0.335 e. The van der Waals surface area contributed by atoms with E-state index in [9.17, 15) is 9.90 Å². The maximum atomic E-state index is 11.6. The van der Waals surface area contributed by atoms with Crippen molar-refractivity contribution in [2.24, 2.45) is 0 Å². The molecule has 3 aromatic rings. The normalized spacial score (nSPS) is 15.8. The van der Waals surface area contributed by atoms with Crippen LogP contribution in [-0.4, -0.2) is 15.6 Å². The Bertz CT molecular complexity index is 1130. The first-order valence-corrected chi connectivity index (χ1v) is 9.59. The largest absolute Gasteiger partial charge is 0.478 e. The van der Waals surface area contributed by atoms with Crippen molar-refractivity contribution in [2.45, 2.75) is 32.2 Å². The van der Waals surface area contributed by atoms with Crippen molar-refractivity contribution < 1.29 is 9.90 Å². The number of benzene rings is 2. The first kappa shape index (κ1) is 16.1. The summed E-state index contributed by atoms with van der Waals surface area (Å²) < 4.78 is 2.29. The van der Waals surface area contributed by atoms with Crippen molar-refractivity contribution in [3.05, 3.63) is 71.3 Å². The summed E-state index contributed by atoms with van der Waals surface area (Å²) in [6, 6.07) is 14.1. The van der Waals surface area contributed by atoms with Gasteiger partial charge in [0.25, 0.3) is 0 Å². The number of carboxylic acid groups (broad SMARTS) is 1. The Morgan fingerprint density at radius 3 is 2.78 bits per heavy atom. The van der Waals surface area contributed by atoms with Gasteiger partial charge in [0.1, 0.15) is 0 Å². The summed E-state index contributed by atoms with van der Waals surface area (Å²) in [6.45, 7) is 0.747. The lowest BCUT2D eigenvalue weighted by molar-refractivity contribution is 0.0697. The SMILES string of the molecule is O=C(O)c1ccc2c(C3=CCCCC3)c3n(c2c1)CC=Cc1ccccc1-3.